The summed E-state index contributed by atoms with van der Waals surface area (Å²) in [6.45, 7) is 3.73. The Balaban J connectivity index is 3.09. The highest BCUT2D eigenvalue weighted by molar-refractivity contribution is 7.91. The number of halogens is 3. The highest BCUT2D eigenvalue weighted by atomic mass is 32.2. The van der Waals surface area contributed by atoms with Crippen molar-refractivity contribution in [2.45, 2.75) is 31.3 Å². The summed E-state index contributed by atoms with van der Waals surface area (Å²) in [4.78, 5) is -0.235. The monoisotopic (exact) mass is 295 g/mol. The molecule has 0 aliphatic rings. The Labute approximate surface area is 110 Å². The lowest BCUT2D eigenvalue weighted by Crippen LogP contribution is -2.13. The molecule has 1 aromatic carbocycles. The molecule has 0 bridgehead atoms. The molecule has 7 heteroatoms. The molecule has 108 valence electrons. The van der Waals surface area contributed by atoms with Crippen molar-refractivity contribution in [3.8, 4) is 0 Å². The molecule has 0 fully saturated rings. The molecular weight excluding hydrogens is 279 g/mol. The second-order valence-electron chi connectivity index (χ2n) is 4.75. The molecule has 3 nitrogen and oxygen atoms in total. The first kappa shape index (κ1) is 15.8. The Morgan fingerprint density at radius 1 is 1.26 bits per heavy atom. The molecule has 1 rings (SSSR count). The normalized spacial score (nSPS) is 12.9. The highest BCUT2D eigenvalue weighted by Gasteiger charge is 2.31. The molecule has 19 heavy (non-hydrogen) atoms. The van der Waals surface area contributed by atoms with Crippen LogP contribution in [0.3, 0.4) is 0 Å². The van der Waals surface area contributed by atoms with Crippen molar-refractivity contribution in [1.82, 2.24) is 0 Å². The van der Waals surface area contributed by atoms with Gasteiger partial charge in [-0.15, -0.1) is 0 Å². The third-order valence-electron chi connectivity index (χ3n) is 2.64. The number of hydrogen-bond donors (Lipinski definition) is 1. The fourth-order valence-electron chi connectivity index (χ4n) is 1.51. The maximum atomic E-state index is 12.4. The molecule has 0 aromatic heterocycles. The summed E-state index contributed by atoms with van der Waals surface area (Å²) < 4.78 is 61.2. The minimum Gasteiger partial charge on any atom is -0.398 e. The van der Waals surface area contributed by atoms with Crippen LogP contribution in [0.4, 0.5) is 18.9 Å². The van der Waals surface area contributed by atoms with Crippen LogP contribution in [0.5, 0.6) is 0 Å². The Bertz CT molecular complexity index is 551. The van der Waals surface area contributed by atoms with Crippen LogP contribution in [0.15, 0.2) is 23.1 Å². The molecule has 2 N–H and O–H groups in total. The van der Waals surface area contributed by atoms with E-state index in [4.69, 9.17) is 5.73 Å². The molecular formula is C12H16F3NO2S. The molecule has 1 aromatic rings. The van der Waals surface area contributed by atoms with Gasteiger partial charge in [0.25, 0.3) is 0 Å². The van der Waals surface area contributed by atoms with Crippen LogP contribution in [0.1, 0.15) is 25.8 Å². The molecule has 0 saturated carbocycles. The number of nitrogens with two attached hydrogens (primary N) is 1. The van der Waals surface area contributed by atoms with E-state index in [1.807, 2.05) is 13.8 Å². The predicted molar refractivity (Wildman–Crippen MR) is 67.4 cm³/mol. The molecule has 0 unspecified atom stereocenters. The molecule has 0 heterocycles. The Kier molecular flexibility index (Phi) is 4.50. The van der Waals surface area contributed by atoms with Gasteiger partial charge in [-0.1, -0.05) is 13.8 Å². The van der Waals surface area contributed by atoms with Crippen molar-refractivity contribution in [1.29, 1.82) is 0 Å². The second-order valence-corrected chi connectivity index (χ2v) is 6.83. The van der Waals surface area contributed by atoms with E-state index in [9.17, 15) is 21.6 Å². The smallest absolute Gasteiger partial charge is 0.398 e. The van der Waals surface area contributed by atoms with Gasteiger partial charge in [-0.2, -0.15) is 13.2 Å². The Hall–Kier alpha value is -1.24. The van der Waals surface area contributed by atoms with Crippen molar-refractivity contribution < 1.29 is 21.6 Å². The zero-order chi connectivity index (χ0) is 14.8. The molecule has 0 aliphatic heterocycles. The van der Waals surface area contributed by atoms with E-state index in [0.29, 0.717) is 12.5 Å². The van der Waals surface area contributed by atoms with Gasteiger partial charge in [-0.05, 0) is 30.5 Å². The third-order valence-corrected chi connectivity index (χ3v) is 4.45. The first-order chi connectivity index (χ1) is 8.54. The van der Waals surface area contributed by atoms with Gasteiger partial charge < -0.3 is 5.73 Å². The van der Waals surface area contributed by atoms with Gasteiger partial charge in [0, 0.05) is 0 Å². The van der Waals surface area contributed by atoms with Crippen LogP contribution in [0.25, 0.3) is 0 Å². The predicted octanol–water partition coefficient (Wildman–Crippen LogP) is 3.11. The van der Waals surface area contributed by atoms with E-state index in [1.54, 1.807) is 0 Å². The van der Waals surface area contributed by atoms with Gasteiger partial charge in [0.15, 0.2) is 9.84 Å². The fraction of sp³-hybridized carbons (Fsp3) is 0.500. The summed E-state index contributed by atoms with van der Waals surface area (Å²) >= 11 is 0. The topological polar surface area (TPSA) is 60.2 Å². The molecule has 0 atom stereocenters. The van der Waals surface area contributed by atoms with Crippen LogP contribution in [-0.2, 0) is 16.0 Å². The average Bonchev–Trinajstić information content (AvgIpc) is 2.25. The SMILES string of the molecule is CC(C)CCS(=O)(=O)c1ccc(C(F)(F)F)cc1N. The Morgan fingerprint density at radius 3 is 2.26 bits per heavy atom. The molecule has 0 saturated heterocycles. The lowest BCUT2D eigenvalue weighted by atomic mass is 10.2. The van der Waals surface area contributed by atoms with E-state index in [1.165, 1.54) is 0 Å². The molecule has 0 radical (unpaired) electrons. The largest absolute Gasteiger partial charge is 0.416 e. The lowest BCUT2D eigenvalue weighted by Gasteiger charge is -2.12. The average molecular weight is 295 g/mol. The quantitative estimate of drug-likeness (QED) is 0.868. The number of hydrogen-bond acceptors (Lipinski definition) is 3. The fourth-order valence-corrected chi connectivity index (χ4v) is 3.20. The second kappa shape index (κ2) is 5.40. The number of alkyl halides is 3. The van der Waals surface area contributed by atoms with Crippen molar-refractivity contribution in [3.63, 3.8) is 0 Å². The minimum absolute atomic E-state index is 0.125. The first-order valence-electron chi connectivity index (χ1n) is 5.73. The van der Waals surface area contributed by atoms with Crippen LogP contribution < -0.4 is 5.73 Å². The summed E-state index contributed by atoms with van der Waals surface area (Å²) in [6, 6.07) is 2.31. The van der Waals surface area contributed by atoms with Crippen LogP contribution >= 0.6 is 0 Å². The van der Waals surface area contributed by atoms with Crippen molar-refractivity contribution in [3.05, 3.63) is 23.8 Å². The number of rotatable bonds is 4. The van der Waals surface area contributed by atoms with E-state index in [0.717, 1.165) is 12.1 Å². The van der Waals surface area contributed by atoms with Gasteiger partial charge in [-0.3, -0.25) is 0 Å². The number of nitrogen functional groups attached to an aromatic ring is 1. The van der Waals surface area contributed by atoms with Crippen molar-refractivity contribution >= 4 is 15.5 Å². The molecule has 0 aliphatic carbocycles. The summed E-state index contributed by atoms with van der Waals surface area (Å²) in [7, 11) is -3.64. The Morgan fingerprint density at radius 2 is 1.84 bits per heavy atom. The maximum Gasteiger partial charge on any atom is 0.416 e. The van der Waals surface area contributed by atoms with Crippen molar-refractivity contribution in [2.24, 2.45) is 5.92 Å². The summed E-state index contributed by atoms with van der Waals surface area (Å²) in [5.41, 5.74) is 4.12. The third kappa shape index (κ3) is 4.12. The van der Waals surface area contributed by atoms with Gasteiger partial charge in [0.2, 0.25) is 0 Å². The van der Waals surface area contributed by atoms with E-state index in [2.05, 4.69) is 0 Å². The number of anilines is 1. The van der Waals surface area contributed by atoms with Crippen LogP contribution in [0.2, 0.25) is 0 Å². The summed E-state index contributed by atoms with van der Waals surface area (Å²) in [6.07, 6.45) is -4.10. The van der Waals surface area contributed by atoms with Crippen molar-refractivity contribution in [2.75, 3.05) is 11.5 Å². The highest BCUT2D eigenvalue weighted by Crippen LogP contribution is 2.32. The van der Waals surface area contributed by atoms with Gasteiger partial charge in [0.05, 0.1) is 21.9 Å². The van der Waals surface area contributed by atoms with E-state index >= 15 is 0 Å². The van der Waals surface area contributed by atoms with Crippen LogP contribution in [0, 0.1) is 5.92 Å². The van der Waals surface area contributed by atoms with Gasteiger partial charge in [0.1, 0.15) is 0 Å². The van der Waals surface area contributed by atoms with Gasteiger partial charge >= 0.3 is 6.18 Å². The molecule has 0 spiro atoms. The zero-order valence-electron chi connectivity index (χ0n) is 10.7. The van der Waals surface area contributed by atoms with E-state index in [-0.39, 0.29) is 22.3 Å². The maximum absolute atomic E-state index is 12.4. The lowest BCUT2D eigenvalue weighted by molar-refractivity contribution is -0.137. The summed E-state index contributed by atoms with van der Waals surface area (Å²) in [5, 5.41) is 0. The minimum atomic E-state index is -4.53. The summed E-state index contributed by atoms with van der Waals surface area (Å²) in [5.74, 6) is 0.0608. The first-order valence-corrected chi connectivity index (χ1v) is 7.39. The zero-order valence-corrected chi connectivity index (χ0v) is 11.5. The van der Waals surface area contributed by atoms with Crippen LogP contribution in [-0.4, -0.2) is 14.2 Å². The molecule has 0 amide bonds. The van der Waals surface area contributed by atoms with Gasteiger partial charge in [-0.25, -0.2) is 8.42 Å². The number of sulfone groups is 1. The number of benzene rings is 1. The van der Waals surface area contributed by atoms with E-state index < -0.39 is 21.6 Å². The standard InChI is InChI=1S/C12H16F3NO2S/c1-8(2)5-6-19(17,18)11-4-3-9(7-10(11)16)12(13,14)15/h3-4,7-8H,5-6,16H2,1-2H3.